The number of anilines is 1. The fraction of sp³-hybridized carbons (Fsp3) is 0.208. The molecule has 0 aliphatic carbocycles. The molecule has 0 fully saturated rings. The van der Waals surface area contributed by atoms with Crippen LogP contribution in [-0.4, -0.2) is 19.2 Å². The van der Waals surface area contributed by atoms with Crippen LogP contribution in [-0.2, 0) is 0 Å². The first-order chi connectivity index (χ1) is 15.6. The molecule has 1 unspecified atom stereocenters. The highest BCUT2D eigenvalue weighted by Gasteiger charge is 2.23. The number of nitrogens with two attached hydrogens (primary N) is 2. The summed E-state index contributed by atoms with van der Waals surface area (Å²) in [6.45, 7) is 5.18. The second kappa shape index (κ2) is 9.23. The smallest absolute Gasteiger partial charge is 0.253 e. The molecule has 1 atom stereocenters. The fourth-order valence-electron chi connectivity index (χ4n) is 3.70. The van der Waals surface area contributed by atoms with Crippen molar-refractivity contribution in [1.29, 1.82) is 0 Å². The minimum absolute atomic E-state index is 0.0129. The van der Waals surface area contributed by atoms with E-state index in [1.807, 2.05) is 6.92 Å². The maximum absolute atomic E-state index is 14.2. The lowest BCUT2D eigenvalue weighted by atomic mass is 9.98. The summed E-state index contributed by atoms with van der Waals surface area (Å²) in [6.07, 6.45) is 2.77. The molecule has 5 N–H and O–H groups in total. The molecule has 0 radical (unpaired) electrons. The first-order valence-electron chi connectivity index (χ1n) is 10.1. The maximum Gasteiger partial charge on any atom is 0.253 e. The Hall–Kier alpha value is -4.01. The van der Waals surface area contributed by atoms with Crippen LogP contribution in [0.2, 0.25) is 0 Å². The van der Waals surface area contributed by atoms with Crippen molar-refractivity contribution in [2.24, 2.45) is 16.5 Å². The van der Waals surface area contributed by atoms with E-state index in [0.29, 0.717) is 27.7 Å². The first-order valence-corrected chi connectivity index (χ1v) is 10.1. The molecule has 1 heterocycles. The Morgan fingerprint density at radius 2 is 1.94 bits per heavy atom. The van der Waals surface area contributed by atoms with E-state index in [1.165, 1.54) is 18.5 Å². The Balaban J connectivity index is 2.23. The van der Waals surface area contributed by atoms with Crippen molar-refractivity contribution < 1.29 is 18.0 Å². The van der Waals surface area contributed by atoms with E-state index < -0.39 is 29.1 Å². The number of primary amides is 1. The molecule has 3 aromatic rings. The summed E-state index contributed by atoms with van der Waals surface area (Å²) >= 11 is 0. The van der Waals surface area contributed by atoms with E-state index in [9.17, 15) is 18.4 Å². The molecular formula is C24H24F2N4O3. The number of carbonyl (C=O) groups is 1. The van der Waals surface area contributed by atoms with Crippen molar-refractivity contribution in [2.45, 2.75) is 26.8 Å². The van der Waals surface area contributed by atoms with Gasteiger partial charge in [-0.2, -0.15) is 0 Å². The van der Waals surface area contributed by atoms with Gasteiger partial charge in [0.1, 0.15) is 16.9 Å². The van der Waals surface area contributed by atoms with Crippen molar-refractivity contribution in [3.8, 4) is 0 Å². The van der Waals surface area contributed by atoms with E-state index >= 15 is 0 Å². The number of halogens is 2. The number of nitrogens with one attached hydrogen (secondary N) is 1. The number of nitrogens with zero attached hydrogens (tertiary/aromatic N) is 1. The summed E-state index contributed by atoms with van der Waals surface area (Å²) in [6, 6.07) is 5.05. The van der Waals surface area contributed by atoms with Crippen molar-refractivity contribution in [3.05, 3.63) is 80.3 Å². The van der Waals surface area contributed by atoms with Crippen molar-refractivity contribution >= 4 is 34.4 Å². The fourth-order valence-corrected chi connectivity index (χ4v) is 3.70. The third-order valence-electron chi connectivity index (χ3n) is 5.28. The van der Waals surface area contributed by atoms with E-state index in [-0.39, 0.29) is 16.9 Å². The van der Waals surface area contributed by atoms with Gasteiger partial charge in [-0.25, -0.2) is 8.78 Å². The minimum Gasteiger partial charge on any atom is -0.455 e. The van der Waals surface area contributed by atoms with Gasteiger partial charge in [0.2, 0.25) is 0 Å². The number of hydrogen-bond donors (Lipinski definition) is 3. The molecular weight excluding hydrogens is 430 g/mol. The summed E-state index contributed by atoms with van der Waals surface area (Å²) < 4.78 is 34.0. The zero-order valence-corrected chi connectivity index (χ0v) is 18.6. The Labute approximate surface area is 188 Å². The van der Waals surface area contributed by atoms with Gasteiger partial charge in [0.05, 0.1) is 22.7 Å². The Morgan fingerprint density at radius 3 is 2.55 bits per heavy atom. The van der Waals surface area contributed by atoms with Crippen molar-refractivity contribution in [1.82, 2.24) is 0 Å². The van der Waals surface area contributed by atoms with Crippen LogP contribution in [0, 0.1) is 25.5 Å². The van der Waals surface area contributed by atoms with Crippen LogP contribution in [0.4, 0.5) is 14.5 Å². The van der Waals surface area contributed by atoms with Gasteiger partial charge in [-0.05, 0) is 44.5 Å². The van der Waals surface area contributed by atoms with Crippen molar-refractivity contribution in [3.63, 3.8) is 0 Å². The quantitative estimate of drug-likeness (QED) is 0.487. The Kier molecular flexibility index (Phi) is 6.62. The number of allylic oxidation sites excluding steroid dienone is 1. The van der Waals surface area contributed by atoms with Gasteiger partial charge in [-0.1, -0.05) is 6.07 Å². The predicted molar refractivity (Wildman–Crippen MR) is 125 cm³/mol. The first kappa shape index (κ1) is 23.6. The average molecular weight is 454 g/mol. The zero-order chi connectivity index (χ0) is 24.4. The summed E-state index contributed by atoms with van der Waals surface area (Å²) in [5.41, 5.74) is 12.6. The average Bonchev–Trinajstić information content (AvgIpc) is 2.77. The van der Waals surface area contributed by atoms with Crippen molar-refractivity contribution in [2.75, 3.05) is 12.4 Å². The van der Waals surface area contributed by atoms with Gasteiger partial charge < -0.3 is 21.2 Å². The lowest BCUT2D eigenvalue weighted by Gasteiger charge is -2.20. The van der Waals surface area contributed by atoms with Crippen LogP contribution in [0.5, 0.6) is 0 Å². The molecule has 1 amide bonds. The Bertz CT molecular complexity index is 1380. The highest BCUT2D eigenvalue weighted by molar-refractivity contribution is 6.09. The number of amides is 1. The van der Waals surface area contributed by atoms with Crippen LogP contribution in [0.15, 0.2) is 44.7 Å². The molecule has 9 heteroatoms. The lowest BCUT2D eigenvalue weighted by molar-refractivity contribution is 0.0996. The van der Waals surface area contributed by atoms with Gasteiger partial charge >= 0.3 is 0 Å². The molecule has 0 spiro atoms. The van der Waals surface area contributed by atoms with E-state index in [2.05, 4.69) is 10.3 Å². The topological polar surface area (TPSA) is 124 Å². The molecule has 0 aliphatic rings. The van der Waals surface area contributed by atoms with E-state index in [0.717, 1.165) is 11.6 Å². The summed E-state index contributed by atoms with van der Waals surface area (Å²) in [7, 11) is 1.57. The van der Waals surface area contributed by atoms with Crippen LogP contribution < -0.4 is 22.2 Å². The molecule has 2 aromatic carbocycles. The summed E-state index contributed by atoms with van der Waals surface area (Å²) in [4.78, 5) is 28.8. The predicted octanol–water partition coefficient (Wildman–Crippen LogP) is 3.96. The normalized spacial score (nSPS) is 13.0. The monoisotopic (exact) mass is 454 g/mol. The molecule has 33 heavy (non-hydrogen) atoms. The second-order valence-electron chi connectivity index (χ2n) is 7.64. The molecule has 1 aromatic heterocycles. The molecule has 0 saturated heterocycles. The number of aryl methyl sites for hydroxylation is 1. The van der Waals surface area contributed by atoms with Crippen LogP contribution in [0.3, 0.4) is 0 Å². The molecule has 7 nitrogen and oxygen atoms in total. The molecule has 0 bridgehead atoms. The molecule has 172 valence electrons. The summed E-state index contributed by atoms with van der Waals surface area (Å²) in [5.74, 6) is -3.37. The van der Waals surface area contributed by atoms with Crippen LogP contribution in [0.25, 0.3) is 16.5 Å². The SMILES string of the molecule is CN=C/C(=C\N)c1oc2c(C(C)Nc3ccc(F)c(F)c3C(N)=O)cc(C)cc2c(=O)c1C. The van der Waals surface area contributed by atoms with Crippen LogP contribution >= 0.6 is 0 Å². The zero-order valence-electron chi connectivity index (χ0n) is 18.6. The summed E-state index contributed by atoms with van der Waals surface area (Å²) in [5, 5.41) is 3.33. The van der Waals surface area contributed by atoms with Gasteiger partial charge in [0, 0.05) is 30.6 Å². The van der Waals surface area contributed by atoms with Gasteiger partial charge in [0.15, 0.2) is 17.1 Å². The number of benzene rings is 2. The Morgan fingerprint density at radius 1 is 1.24 bits per heavy atom. The number of fused-ring (bicyclic) bond motifs is 1. The van der Waals surface area contributed by atoms with Gasteiger partial charge in [-0.15, -0.1) is 0 Å². The molecule has 0 aliphatic heterocycles. The van der Waals surface area contributed by atoms with Gasteiger partial charge in [-0.3, -0.25) is 14.6 Å². The maximum atomic E-state index is 14.2. The standard InChI is InChI=1S/C24H24F2N4O3/c1-11-7-15(13(3)30-18-6-5-17(25)20(26)19(18)24(28)32)23-16(8-11)21(31)12(2)22(33-23)14(9-27)10-29-4/h5-10,13,30H,27H2,1-4H3,(H2,28,32)/b14-9+,29-10?. The van der Waals surface area contributed by atoms with Crippen LogP contribution in [0.1, 0.15) is 45.8 Å². The second-order valence-corrected chi connectivity index (χ2v) is 7.64. The number of carbonyl (C=O) groups excluding carboxylic acids is 1. The number of rotatable bonds is 6. The number of aliphatic imine (C=N–C) groups is 1. The van der Waals surface area contributed by atoms with Gasteiger partial charge in [0.25, 0.3) is 5.91 Å². The highest BCUT2D eigenvalue weighted by atomic mass is 19.2. The van der Waals surface area contributed by atoms with E-state index in [4.69, 9.17) is 15.9 Å². The third-order valence-corrected chi connectivity index (χ3v) is 5.28. The number of hydrogen-bond acceptors (Lipinski definition) is 6. The molecule has 0 saturated carbocycles. The largest absolute Gasteiger partial charge is 0.455 e. The van der Waals surface area contributed by atoms with E-state index in [1.54, 1.807) is 33.0 Å². The highest BCUT2D eigenvalue weighted by Crippen LogP contribution is 2.32. The third kappa shape index (κ3) is 4.34. The minimum atomic E-state index is -1.34. The molecule has 3 rings (SSSR count). The lowest BCUT2D eigenvalue weighted by Crippen LogP contribution is -2.19.